The van der Waals surface area contributed by atoms with Crippen molar-refractivity contribution in [1.82, 2.24) is 0 Å². The molecule has 1 aliphatic rings. The highest BCUT2D eigenvalue weighted by molar-refractivity contribution is 9.08. The zero-order chi connectivity index (χ0) is 13.7. The minimum Gasteiger partial charge on any atom is -0.103 e. The van der Waals surface area contributed by atoms with E-state index in [2.05, 4.69) is 71.9 Å². The molecule has 1 heteroatoms. The molecule has 0 saturated heterocycles. The molecule has 0 bridgehead atoms. The fraction of sp³-hybridized carbons (Fsp3) is 0.444. The topological polar surface area (TPSA) is 0 Å². The van der Waals surface area contributed by atoms with Crippen molar-refractivity contribution in [2.75, 3.05) is 0 Å². The van der Waals surface area contributed by atoms with Gasteiger partial charge in [0.1, 0.15) is 0 Å². The van der Waals surface area contributed by atoms with E-state index in [1.807, 2.05) is 0 Å². The number of benzene rings is 1. The largest absolute Gasteiger partial charge is 0.103 e. The van der Waals surface area contributed by atoms with Crippen molar-refractivity contribution in [3.63, 3.8) is 0 Å². The van der Waals surface area contributed by atoms with Crippen LogP contribution in [0.25, 0.3) is 0 Å². The zero-order valence-electron chi connectivity index (χ0n) is 11.7. The highest BCUT2D eigenvalue weighted by Gasteiger charge is 2.31. The van der Waals surface area contributed by atoms with Crippen LogP contribution in [0.4, 0.5) is 0 Å². The smallest absolute Gasteiger partial charge is 0.0283 e. The first-order valence-corrected chi connectivity index (χ1v) is 8.34. The van der Waals surface area contributed by atoms with Gasteiger partial charge in [-0.2, -0.15) is 0 Å². The van der Waals surface area contributed by atoms with Crippen LogP contribution in [-0.2, 0) is 5.33 Å². The molecule has 3 atom stereocenters. The summed E-state index contributed by atoms with van der Waals surface area (Å²) in [6, 6.07) is 9.06. The molecule has 0 aromatic heterocycles. The second-order valence-electron chi connectivity index (χ2n) is 5.45. The summed E-state index contributed by atoms with van der Waals surface area (Å²) in [5, 5.41) is 0.935. The first kappa shape index (κ1) is 14.6. The van der Waals surface area contributed by atoms with Crippen molar-refractivity contribution in [3.05, 3.63) is 60.2 Å². The monoisotopic (exact) mass is 318 g/mol. The highest BCUT2D eigenvalue weighted by Crippen LogP contribution is 2.44. The molecule has 0 aliphatic heterocycles. The molecule has 0 radical (unpaired) electrons. The molecule has 102 valence electrons. The molecule has 1 aromatic carbocycles. The van der Waals surface area contributed by atoms with Crippen LogP contribution in [0, 0.1) is 11.8 Å². The van der Waals surface area contributed by atoms with E-state index in [1.54, 1.807) is 0 Å². The van der Waals surface area contributed by atoms with Gasteiger partial charge < -0.3 is 0 Å². The Hall–Kier alpha value is -0.820. The maximum Gasteiger partial charge on any atom is 0.0283 e. The van der Waals surface area contributed by atoms with E-state index in [-0.39, 0.29) is 0 Å². The Kier molecular flexibility index (Phi) is 5.45. The summed E-state index contributed by atoms with van der Waals surface area (Å²) in [6.45, 7) is 6.24. The third-order valence-corrected chi connectivity index (χ3v) is 4.80. The molecule has 0 spiro atoms. The van der Waals surface area contributed by atoms with Crippen molar-refractivity contribution in [2.24, 2.45) is 11.8 Å². The molecule has 1 aromatic rings. The van der Waals surface area contributed by atoms with Gasteiger partial charge in [0.05, 0.1) is 0 Å². The third kappa shape index (κ3) is 3.60. The Bertz CT molecular complexity index is 430. The van der Waals surface area contributed by atoms with E-state index in [1.165, 1.54) is 24.0 Å². The van der Waals surface area contributed by atoms with Gasteiger partial charge in [0.15, 0.2) is 0 Å². The van der Waals surface area contributed by atoms with E-state index >= 15 is 0 Å². The molecule has 1 aliphatic carbocycles. The molecular weight excluding hydrogens is 296 g/mol. The van der Waals surface area contributed by atoms with Crippen LogP contribution in [0.3, 0.4) is 0 Å². The summed E-state index contributed by atoms with van der Waals surface area (Å²) in [5.74, 6) is 2.00. The normalized spacial score (nSPS) is 26.9. The fourth-order valence-corrected chi connectivity index (χ4v) is 3.47. The summed E-state index contributed by atoms with van der Waals surface area (Å²) < 4.78 is 0. The van der Waals surface area contributed by atoms with Crippen LogP contribution in [0.15, 0.2) is 49.1 Å². The summed E-state index contributed by atoms with van der Waals surface area (Å²) in [4.78, 5) is 0. The lowest BCUT2D eigenvalue weighted by atomic mass is 9.88. The average Bonchev–Trinajstić information content (AvgIpc) is 2.88. The van der Waals surface area contributed by atoms with Crippen molar-refractivity contribution in [1.29, 1.82) is 0 Å². The summed E-state index contributed by atoms with van der Waals surface area (Å²) >= 11 is 3.50. The molecule has 2 rings (SSSR count). The van der Waals surface area contributed by atoms with Crippen LogP contribution in [0.2, 0.25) is 0 Å². The SMILES string of the molecule is C=C[C@@H]1C[C@H](/C=C/CC)CC1c1ccc(CBr)cc1. The first-order valence-electron chi connectivity index (χ1n) is 7.22. The van der Waals surface area contributed by atoms with Crippen molar-refractivity contribution < 1.29 is 0 Å². The lowest BCUT2D eigenvalue weighted by Gasteiger charge is -2.16. The molecule has 19 heavy (non-hydrogen) atoms. The highest BCUT2D eigenvalue weighted by atomic mass is 79.9. The number of hydrogen-bond acceptors (Lipinski definition) is 0. The van der Waals surface area contributed by atoms with Crippen LogP contribution < -0.4 is 0 Å². The number of alkyl halides is 1. The molecule has 1 fully saturated rings. The summed E-state index contributed by atoms with van der Waals surface area (Å²) in [6.07, 6.45) is 10.5. The molecule has 0 heterocycles. The molecule has 0 nitrogen and oxygen atoms in total. The maximum absolute atomic E-state index is 4.04. The second-order valence-corrected chi connectivity index (χ2v) is 6.01. The number of rotatable bonds is 5. The van der Waals surface area contributed by atoms with Crippen LogP contribution >= 0.6 is 15.9 Å². The van der Waals surface area contributed by atoms with Gasteiger partial charge in [-0.05, 0) is 48.1 Å². The van der Waals surface area contributed by atoms with E-state index in [0.717, 1.165) is 17.7 Å². The lowest BCUT2D eigenvalue weighted by molar-refractivity contribution is 0.591. The van der Waals surface area contributed by atoms with E-state index < -0.39 is 0 Å². The van der Waals surface area contributed by atoms with Crippen molar-refractivity contribution >= 4 is 15.9 Å². The molecule has 0 N–H and O–H groups in total. The maximum atomic E-state index is 4.04. The quantitative estimate of drug-likeness (QED) is 0.472. The van der Waals surface area contributed by atoms with Gasteiger partial charge in [-0.15, -0.1) is 6.58 Å². The van der Waals surface area contributed by atoms with Gasteiger partial charge >= 0.3 is 0 Å². The molecule has 1 saturated carbocycles. The average molecular weight is 319 g/mol. The molecule has 0 amide bonds. The Labute approximate surface area is 125 Å². The standard InChI is InChI=1S/C18H23Br/c1-3-5-6-15-11-16(4-2)18(12-15)17-9-7-14(13-19)8-10-17/h4-10,15-16,18H,2-3,11-13H2,1H3/b6-5+/t15-,16+,18?/m0/s1. The Morgan fingerprint density at radius 2 is 2.00 bits per heavy atom. The lowest BCUT2D eigenvalue weighted by Crippen LogP contribution is -2.02. The zero-order valence-corrected chi connectivity index (χ0v) is 13.3. The molecule has 1 unspecified atom stereocenters. The van der Waals surface area contributed by atoms with Gasteiger partial charge in [-0.3, -0.25) is 0 Å². The van der Waals surface area contributed by atoms with Crippen molar-refractivity contribution in [3.8, 4) is 0 Å². The number of halogens is 1. The van der Waals surface area contributed by atoms with E-state index in [0.29, 0.717) is 11.8 Å². The van der Waals surface area contributed by atoms with Crippen molar-refractivity contribution in [2.45, 2.75) is 37.4 Å². The minimum atomic E-state index is 0.626. The Balaban J connectivity index is 2.12. The summed E-state index contributed by atoms with van der Waals surface area (Å²) in [5.41, 5.74) is 2.82. The van der Waals surface area contributed by atoms with Gasteiger partial charge in [-0.1, -0.05) is 65.3 Å². The van der Waals surface area contributed by atoms with Gasteiger partial charge in [0.25, 0.3) is 0 Å². The summed E-state index contributed by atoms with van der Waals surface area (Å²) in [7, 11) is 0. The van der Waals surface area contributed by atoms with Gasteiger partial charge in [-0.25, -0.2) is 0 Å². The van der Waals surface area contributed by atoms with Crippen LogP contribution in [-0.4, -0.2) is 0 Å². The van der Waals surface area contributed by atoms with Gasteiger partial charge in [0.2, 0.25) is 0 Å². The van der Waals surface area contributed by atoms with Crippen LogP contribution in [0.1, 0.15) is 43.2 Å². The Morgan fingerprint density at radius 1 is 1.26 bits per heavy atom. The minimum absolute atomic E-state index is 0.626. The predicted octanol–water partition coefficient (Wildman–Crippen LogP) is 5.84. The fourth-order valence-electron chi connectivity index (χ4n) is 3.09. The predicted molar refractivity (Wildman–Crippen MR) is 87.7 cm³/mol. The number of allylic oxidation sites excluding steroid dienone is 3. The Morgan fingerprint density at radius 3 is 2.58 bits per heavy atom. The number of hydrogen-bond donors (Lipinski definition) is 0. The van der Waals surface area contributed by atoms with E-state index in [4.69, 9.17) is 0 Å². The third-order valence-electron chi connectivity index (χ3n) is 4.16. The van der Waals surface area contributed by atoms with Gasteiger partial charge in [0, 0.05) is 5.33 Å². The van der Waals surface area contributed by atoms with Crippen LogP contribution in [0.5, 0.6) is 0 Å². The second kappa shape index (κ2) is 7.09. The van der Waals surface area contributed by atoms with E-state index in [9.17, 15) is 0 Å². The molecular formula is C18H23Br. The first-order chi connectivity index (χ1) is 9.28.